The summed E-state index contributed by atoms with van der Waals surface area (Å²) in [6.45, 7) is 7.36. The predicted molar refractivity (Wildman–Crippen MR) is 100 cm³/mol. The van der Waals surface area contributed by atoms with Gasteiger partial charge in [-0.05, 0) is 34.9 Å². The Kier molecular flexibility index (Phi) is 8.21. The maximum absolute atomic E-state index is 13.3. The first-order valence-electron chi connectivity index (χ1n) is 9.24. The van der Waals surface area contributed by atoms with Crippen molar-refractivity contribution >= 4 is 16.1 Å². The summed E-state index contributed by atoms with van der Waals surface area (Å²) in [5.74, 6) is -4.85. The van der Waals surface area contributed by atoms with Gasteiger partial charge in [0, 0.05) is 6.42 Å². The van der Waals surface area contributed by atoms with Crippen molar-refractivity contribution in [3.05, 3.63) is 34.9 Å². The number of carbonyl (C=O) groups excluding carboxylic acids is 1. The lowest BCUT2D eigenvalue weighted by atomic mass is 9.86. The lowest BCUT2D eigenvalue weighted by Crippen LogP contribution is -2.63. The minimum atomic E-state index is -6.34. The van der Waals surface area contributed by atoms with E-state index in [0.717, 1.165) is 11.1 Å². The Hall–Kier alpha value is -1.82. The highest BCUT2D eigenvalue weighted by Gasteiger charge is 2.75. The summed E-state index contributed by atoms with van der Waals surface area (Å²) in [6.07, 6.45) is -13.7. The molecule has 5 nitrogen and oxygen atoms in total. The molecule has 1 aromatic rings. The molecular weight excluding hydrogens is 454 g/mol. The Morgan fingerprint density at radius 3 is 1.71 bits per heavy atom. The second-order valence-electron chi connectivity index (χ2n) is 7.75. The zero-order valence-electron chi connectivity index (χ0n) is 17.3. The topological polar surface area (TPSA) is 80.7 Å². The molecule has 31 heavy (non-hydrogen) atoms. The predicted octanol–water partition coefficient (Wildman–Crippen LogP) is 5.16. The average Bonchev–Trinajstić information content (AvgIpc) is 2.55. The summed E-state index contributed by atoms with van der Waals surface area (Å²) in [5, 5.41) is 0. The molecule has 1 aromatic carbocycles. The molecule has 0 fully saturated rings. The van der Waals surface area contributed by atoms with Crippen molar-refractivity contribution < 1.29 is 48.8 Å². The van der Waals surface area contributed by atoms with Gasteiger partial charge in [-0.15, -0.1) is 0 Å². The number of rotatable bonds is 8. The number of alkyl halides is 6. The normalized spacial score (nSPS) is 13.7. The maximum atomic E-state index is 13.3. The summed E-state index contributed by atoms with van der Waals surface area (Å²) in [5.41, 5.74) is -3.24. The number of hydrogen-bond donors (Lipinski definition) is 1. The first-order chi connectivity index (χ1) is 13.8. The lowest BCUT2D eigenvalue weighted by molar-refractivity contribution is -0.361. The van der Waals surface area contributed by atoms with Crippen LogP contribution in [0.3, 0.4) is 0 Å². The number of hydrogen-bond acceptors (Lipinski definition) is 4. The Labute approximate surface area is 176 Å². The monoisotopic (exact) mass is 478 g/mol. The van der Waals surface area contributed by atoms with Gasteiger partial charge in [-0.25, -0.2) is 0 Å². The van der Waals surface area contributed by atoms with Crippen molar-refractivity contribution in [2.45, 2.75) is 70.3 Å². The molecule has 0 unspecified atom stereocenters. The third-order valence-corrected chi connectivity index (χ3v) is 5.43. The van der Waals surface area contributed by atoms with Gasteiger partial charge in [-0.3, -0.25) is 9.35 Å². The Bertz CT molecular complexity index is 848. The molecule has 0 amide bonds. The number of ether oxygens (including phenoxy) is 1. The number of esters is 1. The van der Waals surface area contributed by atoms with Crippen molar-refractivity contribution in [2.75, 3.05) is 5.75 Å². The summed E-state index contributed by atoms with van der Waals surface area (Å²) in [7, 11) is -5.81. The summed E-state index contributed by atoms with van der Waals surface area (Å²) in [4.78, 5) is 12.1. The van der Waals surface area contributed by atoms with Gasteiger partial charge in [0.05, 0.1) is 0 Å². The fourth-order valence-corrected chi connectivity index (χ4v) is 4.09. The van der Waals surface area contributed by atoms with Gasteiger partial charge in [0.1, 0.15) is 5.75 Å². The SMILES string of the molecule is CC(C)c1cccc(C(C)C)c1CCC(=O)OC(CS(=O)(=O)O)(C(F)(F)F)C(F)(F)F. The minimum Gasteiger partial charge on any atom is -0.438 e. The Morgan fingerprint density at radius 1 is 0.968 bits per heavy atom. The van der Waals surface area contributed by atoms with Gasteiger partial charge in [-0.1, -0.05) is 45.9 Å². The fraction of sp³-hybridized carbons (Fsp3) is 0.632. The minimum absolute atomic E-state index is 0.0336. The lowest BCUT2D eigenvalue weighted by Gasteiger charge is -2.35. The quantitative estimate of drug-likeness (QED) is 0.317. The van der Waals surface area contributed by atoms with Crippen molar-refractivity contribution in [2.24, 2.45) is 0 Å². The first-order valence-corrected chi connectivity index (χ1v) is 10.9. The molecule has 1 rings (SSSR count). The first kappa shape index (κ1) is 27.2. The molecule has 178 valence electrons. The van der Waals surface area contributed by atoms with Gasteiger partial charge >= 0.3 is 23.9 Å². The van der Waals surface area contributed by atoms with E-state index in [1.54, 1.807) is 18.2 Å². The van der Waals surface area contributed by atoms with Crippen LogP contribution < -0.4 is 0 Å². The van der Waals surface area contributed by atoms with Gasteiger partial charge in [0.2, 0.25) is 0 Å². The van der Waals surface area contributed by atoms with E-state index in [-0.39, 0.29) is 18.3 Å². The molecule has 0 bridgehead atoms. The second-order valence-corrected chi connectivity index (χ2v) is 9.20. The molecule has 0 spiro atoms. The van der Waals surface area contributed by atoms with Gasteiger partial charge in [0.25, 0.3) is 10.1 Å². The van der Waals surface area contributed by atoms with Crippen molar-refractivity contribution in [1.29, 1.82) is 0 Å². The highest BCUT2D eigenvalue weighted by Crippen LogP contribution is 2.47. The number of benzene rings is 1. The van der Waals surface area contributed by atoms with Crippen molar-refractivity contribution in [3.8, 4) is 0 Å². The van der Waals surface area contributed by atoms with Gasteiger partial charge < -0.3 is 4.74 Å². The van der Waals surface area contributed by atoms with Crippen LogP contribution in [0.25, 0.3) is 0 Å². The highest BCUT2D eigenvalue weighted by molar-refractivity contribution is 7.85. The second kappa shape index (κ2) is 9.35. The van der Waals surface area contributed by atoms with Crippen LogP contribution in [0.15, 0.2) is 18.2 Å². The third kappa shape index (κ3) is 6.58. The van der Waals surface area contributed by atoms with Crippen LogP contribution in [0.4, 0.5) is 26.3 Å². The molecule has 0 aliphatic rings. The highest BCUT2D eigenvalue weighted by atomic mass is 32.2. The molecule has 0 aliphatic heterocycles. The molecule has 0 heterocycles. The molecule has 0 atom stereocenters. The molecule has 0 aliphatic carbocycles. The van der Waals surface area contributed by atoms with E-state index in [1.807, 2.05) is 27.7 Å². The van der Waals surface area contributed by atoms with E-state index in [4.69, 9.17) is 4.55 Å². The van der Waals surface area contributed by atoms with E-state index >= 15 is 0 Å². The van der Waals surface area contributed by atoms with Crippen LogP contribution in [-0.4, -0.2) is 42.6 Å². The summed E-state index contributed by atoms with van der Waals surface area (Å²) < 4.78 is 114. The van der Waals surface area contributed by atoms with Crippen molar-refractivity contribution in [3.63, 3.8) is 0 Å². The van der Waals surface area contributed by atoms with Gasteiger partial charge in [-0.2, -0.15) is 34.8 Å². The van der Waals surface area contributed by atoms with E-state index < -0.39 is 46.2 Å². The van der Waals surface area contributed by atoms with E-state index in [1.165, 1.54) is 0 Å². The maximum Gasteiger partial charge on any atom is 0.438 e. The van der Waals surface area contributed by atoms with E-state index in [0.29, 0.717) is 5.56 Å². The summed E-state index contributed by atoms with van der Waals surface area (Å²) in [6, 6.07) is 5.24. The smallest absolute Gasteiger partial charge is 0.438 e. The molecule has 1 N–H and O–H groups in total. The Balaban J connectivity index is 3.30. The average molecular weight is 478 g/mol. The van der Waals surface area contributed by atoms with Crippen LogP contribution in [0.1, 0.15) is 62.6 Å². The molecule has 0 saturated carbocycles. The van der Waals surface area contributed by atoms with Crippen LogP contribution in [0.2, 0.25) is 0 Å². The largest absolute Gasteiger partial charge is 0.438 e. The van der Waals surface area contributed by atoms with Gasteiger partial charge in [0.15, 0.2) is 0 Å². The Morgan fingerprint density at radius 2 is 1.39 bits per heavy atom. The standard InChI is InChI=1S/C19H24F6O5S/c1-11(2)13-6-5-7-14(12(3)4)15(13)8-9-16(26)30-17(18(20,21)22,19(23,24)25)10-31(27,28)29/h5-7,11-12H,8-10H2,1-4H3,(H,27,28,29). The van der Waals surface area contributed by atoms with E-state index in [9.17, 15) is 39.6 Å². The van der Waals surface area contributed by atoms with Crippen LogP contribution in [-0.2, 0) is 26.1 Å². The van der Waals surface area contributed by atoms with Crippen molar-refractivity contribution in [1.82, 2.24) is 0 Å². The van der Waals surface area contributed by atoms with Crippen LogP contribution >= 0.6 is 0 Å². The molecular formula is C19H24F6O5S. The molecule has 0 radical (unpaired) electrons. The third-order valence-electron chi connectivity index (χ3n) is 4.66. The zero-order chi connectivity index (χ0) is 24.4. The molecule has 0 saturated heterocycles. The number of halogens is 6. The van der Waals surface area contributed by atoms with Crippen LogP contribution in [0.5, 0.6) is 0 Å². The number of carbonyl (C=O) groups is 1. The van der Waals surface area contributed by atoms with Crippen LogP contribution in [0, 0.1) is 0 Å². The fourth-order valence-electron chi connectivity index (χ4n) is 3.19. The molecule has 0 aromatic heterocycles. The van der Waals surface area contributed by atoms with E-state index in [2.05, 4.69) is 4.74 Å². The molecule has 12 heteroatoms. The summed E-state index contributed by atoms with van der Waals surface area (Å²) >= 11 is 0. The zero-order valence-corrected chi connectivity index (χ0v) is 18.1.